The Morgan fingerprint density at radius 3 is 1.92 bits per heavy atom. The molecule has 5 aromatic heterocycles. The molecule has 7 nitrogen and oxygen atoms in total. The molecule has 0 atom stereocenters. The van der Waals surface area contributed by atoms with E-state index in [1.165, 1.54) is 22.3 Å². The Kier molecular flexibility index (Phi) is 7.26. The van der Waals surface area contributed by atoms with Gasteiger partial charge in [0.25, 0.3) is 0 Å². The van der Waals surface area contributed by atoms with Crippen LogP contribution in [0.4, 0.5) is 0 Å². The second kappa shape index (κ2) is 11.5. The van der Waals surface area contributed by atoms with Crippen LogP contribution in [-0.2, 0) is 21.1 Å². The third kappa shape index (κ3) is 4.60. The average Bonchev–Trinajstić information content (AvgIpc) is 3.79. The molecule has 4 aromatic carbocycles. The van der Waals surface area contributed by atoms with Gasteiger partial charge in [0.15, 0.2) is 0 Å². The van der Waals surface area contributed by atoms with E-state index in [4.69, 9.17) is 9.72 Å². The van der Waals surface area contributed by atoms with Crippen molar-refractivity contribution in [1.29, 1.82) is 0 Å². The number of hydrogen-bond donors (Lipinski definition) is 0. The first-order chi connectivity index (χ1) is 23.0. The molecule has 236 valence electrons. The largest absolute Gasteiger partial charge is 2.00 e. The maximum Gasteiger partial charge on any atom is 2.00 e. The van der Waals surface area contributed by atoms with E-state index in [2.05, 4.69) is 102 Å². The number of hydrogen-bond acceptors (Lipinski definition) is 5. The first-order valence-electron chi connectivity index (χ1n) is 15.9. The molecule has 9 rings (SSSR count). The monoisotopic (exact) mass is 805 g/mol. The van der Waals surface area contributed by atoms with Crippen molar-refractivity contribution in [2.45, 2.75) is 39.5 Å². The number of imidazole rings is 2. The van der Waals surface area contributed by atoms with Crippen LogP contribution in [0.15, 0.2) is 97.8 Å². The van der Waals surface area contributed by atoms with Gasteiger partial charge in [0.1, 0.15) is 5.65 Å². The molecular weight excluding hydrogens is 776 g/mol. The summed E-state index contributed by atoms with van der Waals surface area (Å²) in [7, 11) is 0. The van der Waals surface area contributed by atoms with Gasteiger partial charge in [-0.3, -0.25) is 15.0 Å². The Hall–Kier alpha value is -5.13. The van der Waals surface area contributed by atoms with Crippen LogP contribution >= 0.6 is 0 Å². The quantitative estimate of drug-likeness (QED) is 0.128. The number of aromatic nitrogens is 6. The summed E-state index contributed by atoms with van der Waals surface area (Å²) in [6.07, 6.45) is 10.9. The van der Waals surface area contributed by atoms with Gasteiger partial charge in [0.05, 0.1) is 16.8 Å². The Morgan fingerprint density at radius 1 is 0.604 bits per heavy atom. The first-order valence-corrected chi connectivity index (χ1v) is 15.9. The van der Waals surface area contributed by atoms with E-state index in [-0.39, 0.29) is 21.1 Å². The van der Waals surface area contributed by atoms with Gasteiger partial charge in [-0.05, 0) is 45.5 Å². The summed E-state index contributed by atoms with van der Waals surface area (Å²) in [5.41, 5.74) is 9.52. The minimum atomic E-state index is 0. The molecular formula is C40H30N6OPt. The molecule has 0 radical (unpaired) electrons. The van der Waals surface area contributed by atoms with Gasteiger partial charge in [0.2, 0.25) is 0 Å². The smallest absolute Gasteiger partial charge is 0.497 e. The van der Waals surface area contributed by atoms with Crippen LogP contribution in [0.5, 0.6) is 11.5 Å². The van der Waals surface area contributed by atoms with Gasteiger partial charge in [0, 0.05) is 54.2 Å². The third-order valence-electron chi connectivity index (χ3n) is 9.16. The molecule has 0 saturated heterocycles. The van der Waals surface area contributed by atoms with Crippen molar-refractivity contribution in [3.05, 3.63) is 121 Å². The number of ether oxygens (including phenoxy) is 1. The summed E-state index contributed by atoms with van der Waals surface area (Å²) >= 11 is 0. The van der Waals surface area contributed by atoms with Crippen molar-refractivity contribution in [3.63, 3.8) is 0 Å². The normalized spacial score (nSPS) is 12.0. The van der Waals surface area contributed by atoms with Crippen molar-refractivity contribution >= 4 is 54.9 Å². The van der Waals surface area contributed by atoms with E-state index < -0.39 is 0 Å². The Morgan fingerprint density at radius 2 is 1.21 bits per heavy atom. The molecule has 0 aliphatic rings. The molecule has 0 bridgehead atoms. The standard InChI is InChI=1S/C40H30N6O.Pt/c1-23(2)28-6-5-7-29(24(3)4)36(28)25-8-13-35-32(20-25)30-11-9-26(21-33(30)38-43-16-18-45(35)38)47-27-10-12-31-34(22-27)39-44-17-19-46(39)40-37(31)41-14-15-42-40;/h5-20,23-24H,1-4H3;/q-2;+2. The number of rotatable bonds is 5. The second-order valence-electron chi connectivity index (χ2n) is 12.6. The van der Waals surface area contributed by atoms with Gasteiger partial charge >= 0.3 is 21.1 Å². The van der Waals surface area contributed by atoms with Crippen molar-refractivity contribution in [2.24, 2.45) is 0 Å². The van der Waals surface area contributed by atoms with Crippen LogP contribution in [0.25, 0.3) is 66.0 Å². The third-order valence-corrected chi connectivity index (χ3v) is 9.16. The molecule has 0 unspecified atom stereocenters. The van der Waals surface area contributed by atoms with Crippen LogP contribution in [0.1, 0.15) is 50.7 Å². The summed E-state index contributed by atoms with van der Waals surface area (Å²) < 4.78 is 10.5. The van der Waals surface area contributed by atoms with E-state index in [9.17, 15) is 0 Å². The van der Waals surface area contributed by atoms with Crippen molar-refractivity contribution in [3.8, 4) is 22.6 Å². The minimum Gasteiger partial charge on any atom is -0.497 e. The van der Waals surface area contributed by atoms with Crippen LogP contribution in [0.3, 0.4) is 0 Å². The molecule has 0 fully saturated rings. The molecule has 8 heteroatoms. The van der Waals surface area contributed by atoms with Crippen LogP contribution in [-0.4, -0.2) is 28.7 Å². The van der Waals surface area contributed by atoms with Crippen molar-refractivity contribution in [1.82, 2.24) is 28.7 Å². The molecule has 0 aliphatic heterocycles. The maximum atomic E-state index is 6.43. The molecule has 0 N–H and O–H groups in total. The Bertz CT molecular complexity index is 2660. The number of nitrogens with zero attached hydrogens (tertiary/aromatic N) is 6. The molecule has 0 amide bonds. The van der Waals surface area contributed by atoms with Gasteiger partial charge in [-0.1, -0.05) is 104 Å². The molecule has 0 aliphatic carbocycles. The van der Waals surface area contributed by atoms with Crippen LogP contribution < -0.4 is 4.74 Å². The van der Waals surface area contributed by atoms with Crippen LogP contribution in [0, 0.1) is 12.1 Å². The average molecular weight is 806 g/mol. The second-order valence-corrected chi connectivity index (χ2v) is 12.6. The summed E-state index contributed by atoms with van der Waals surface area (Å²) in [6, 6.07) is 28.5. The van der Waals surface area contributed by atoms with Gasteiger partial charge < -0.3 is 13.5 Å². The predicted molar refractivity (Wildman–Crippen MR) is 187 cm³/mol. The maximum absolute atomic E-state index is 6.43. The topological polar surface area (TPSA) is 69.6 Å². The summed E-state index contributed by atoms with van der Waals surface area (Å²) in [5.74, 6) is 1.96. The fourth-order valence-corrected chi connectivity index (χ4v) is 7.00. The number of fused-ring (bicyclic) bond motifs is 12. The summed E-state index contributed by atoms with van der Waals surface area (Å²) in [5, 5.41) is 4.86. The Labute approximate surface area is 291 Å². The molecule has 0 spiro atoms. The Balaban J connectivity index is 0.00000336. The number of pyridine rings is 2. The van der Waals surface area contributed by atoms with E-state index >= 15 is 0 Å². The van der Waals surface area contributed by atoms with Gasteiger partial charge in [-0.25, -0.2) is 4.98 Å². The SMILES string of the molecule is CC(C)c1cccc(C(C)C)c1-c1ccc2c(c1)c1ccc(Oc3[c-]c4c(cc3)c3nccnc3n3ccnc43)[c-]c1c1nccn21.[Pt+2]. The fraction of sp³-hybridized carbons (Fsp3) is 0.150. The first kappa shape index (κ1) is 30.2. The predicted octanol–water partition coefficient (Wildman–Crippen LogP) is 9.69. The molecule has 48 heavy (non-hydrogen) atoms. The van der Waals surface area contributed by atoms with Crippen LogP contribution in [0.2, 0.25) is 0 Å². The zero-order chi connectivity index (χ0) is 31.8. The van der Waals surface area contributed by atoms with E-state index in [1.807, 2.05) is 41.2 Å². The van der Waals surface area contributed by atoms with Crippen molar-refractivity contribution < 1.29 is 25.8 Å². The van der Waals surface area contributed by atoms with Gasteiger partial charge in [-0.2, -0.15) is 0 Å². The minimum absolute atomic E-state index is 0. The fourth-order valence-electron chi connectivity index (χ4n) is 7.00. The number of benzene rings is 4. The zero-order valence-corrected chi connectivity index (χ0v) is 29.1. The van der Waals surface area contributed by atoms with E-state index in [0.717, 1.165) is 54.9 Å². The van der Waals surface area contributed by atoms with E-state index in [1.54, 1.807) is 18.6 Å². The zero-order valence-electron chi connectivity index (χ0n) is 26.8. The van der Waals surface area contributed by atoms with E-state index in [0.29, 0.717) is 23.3 Å². The summed E-state index contributed by atoms with van der Waals surface area (Å²) in [4.78, 5) is 18.5. The molecule has 9 aromatic rings. The van der Waals surface area contributed by atoms with Crippen molar-refractivity contribution in [2.75, 3.05) is 0 Å². The summed E-state index contributed by atoms with van der Waals surface area (Å²) in [6.45, 7) is 9.08. The molecule has 5 heterocycles. The van der Waals surface area contributed by atoms with Gasteiger partial charge in [-0.15, -0.1) is 12.1 Å². The molecule has 0 saturated carbocycles.